The van der Waals surface area contributed by atoms with E-state index in [-0.39, 0.29) is 24.3 Å². The van der Waals surface area contributed by atoms with Gasteiger partial charge in [-0.25, -0.2) is 0 Å². The molecule has 0 aromatic heterocycles. The number of nitrogens with zero attached hydrogens (tertiary/aromatic N) is 1. The lowest BCUT2D eigenvalue weighted by Crippen LogP contribution is -2.33. The number of benzene rings is 2. The Bertz CT molecular complexity index is 926. The summed E-state index contributed by atoms with van der Waals surface area (Å²) in [6.45, 7) is 3.02. The number of aromatic hydroxyl groups is 1. The first-order chi connectivity index (χ1) is 16.4. The lowest BCUT2D eigenvalue weighted by atomic mass is 9.89. The number of aliphatic hydroxyl groups is 2. The predicted molar refractivity (Wildman–Crippen MR) is 135 cm³/mol. The molecule has 0 bridgehead atoms. The van der Waals surface area contributed by atoms with E-state index in [2.05, 4.69) is 24.4 Å². The van der Waals surface area contributed by atoms with E-state index in [4.69, 9.17) is 0 Å². The molecule has 6 nitrogen and oxygen atoms in total. The largest absolute Gasteiger partial charge is 0.508 e. The first kappa shape index (κ1) is 26.2. The number of phenols is 1. The Labute approximate surface area is 203 Å². The highest BCUT2D eigenvalue weighted by Gasteiger charge is 2.19. The molecule has 1 saturated carbocycles. The van der Waals surface area contributed by atoms with Crippen molar-refractivity contribution in [1.29, 1.82) is 0 Å². The normalized spacial score (nSPS) is 16.2. The smallest absolute Gasteiger partial charge is 0.226 e. The van der Waals surface area contributed by atoms with Gasteiger partial charge in [0.25, 0.3) is 0 Å². The third kappa shape index (κ3) is 7.83. The highest BCUT2D eigenvalue weighted by molar-refractivity contribution is 5.78. The van der Waals surface area contributed by atoms with Crippen LogP contribution >= 0.6 is 0 Å². The Morgan fingerprint density at radius 1 is 1.12 bits per heavy atom. The predicted octanol–water partition coefficient (Wildman–Crippen LogP) is 3.72. The van der Waals surface area contributed by atoms with Gasteiger partial charge in [0.1, 0.15) is 5.75 Å². The van der Waals surface area contributed by atoms with Gasteiger partial charge in [0.15, 0.2) is 0 Å². The molecule has 1 aliphatic rings. The summed E-state index contributed by atoms with van der Waals surface area (Å²) in [7, 11) is 1.93. The fourth-order valence-electron chi connectivity index (χ4n) is 4.83. The molecule has 4 N–H and O–H groups in total. The average Bonchev–Trinajstić information content (AvgIpc) is 2.83. The maximum atomic E-state index is 12.8. The number of carbonyl (C=O) groups excluding carboxylic acids is 1. The van der Waals surface area contributed by atoms with Crippen molar-refractivity contribution in [2.75, 3.05) is 20.1 Å². The van der Waals surface area contributed by atoms with E-state index in [0.29, 0.717) is 30.0 Å². The standard InChI is InChI=1S/C28H40N2O4/c1-20(29-17-27(33)24-11-12-26(32)25(16-24)19-31)13-22-9-6-10-23(14-22)15-28(34)30(2)18-21-7-4-3-5-8-21/h6,9-12,14,16,20-21,27,29,31-33H,3-5,7-8,13,15,17-19H2,1-2H3/t20-,27+/m1/s1. The highest BCUT2D eigenvalue weighted by atomic mass is 16.3. The Morgan fingerprint density at radius 2 is 1.85 bits per heavy atom. The van der Waals surface area contributed by atoms with Crippen molar-refractivity contribution < 1.29 is 20.1 Å². The van der Waals surface area contributed by atoms with E-state index >= 15 is 0 Å². The van der Waals surface area contributed by atoms with Gasteiger partial charge >= 0.3 is 0 Å². The molecule has 0 heterocycles. The summed E-state index contributed by atoms with van der Waals surface area (Å²) in [4.78, 5) is 14.7. The van der Waals surface area contributed by atoms with Gasteiger partial charge in [0, 0.05) is 31.7 Å². The number of carbonyl (C=O) groups is 1. The van der Waals surface area contributed by atoms with Gasteiger partial charge in [-0.2, -0.15) is 0 Å². The summed E-state index contributed by atoms with van der Waals surface area (Å²) >= 11 is 0. The minimum absolute atomic E-state index is 0.0262. The monoisotopic (exact) mass is 468 g/mol. The highest BCUT2D eigenvalue weighted by Crippen LogP contribution is 2.24. The number of hydrogen-bond donors (Lipinski definition) is 4. The zero-order chi connectivity index (χ0) is 24.5. The van der Waals surface area contributed by atoms with E-state index in [1.165, 1.54) is 38.2 Å². The Hall–Kier alpha value is -2.41. The van der Waals surface area contributed by atoms with E-state index in [1.54, 1.807) is 12.1 Å². The molecule has 0 unspecified atom stereocenters. The lowest BCUT2D eigenvalue weighted by Gasteiger charge is -2.27. The maximum absolute atomic E-state index is 12.8. The molecule has 1 amide bonds. The van der Waals surface area contributed by atoms with Crippen LogP contribution in [0.5, 0.6) is 5.75 Å². The topological polar surface area (TPSA) is 93.0 Å². The number of hydrogen-bond acceptors (Lipinski definition) is 5. The zero-order valence-corrected chi connectivity index (χ0v) is 20.5. The summed E-state index contributed by atoms with van der Waals surface area (Å²) in [5, 5.41) is 32.9. The van der Waals surface area contributed by atoms with Crippen LogP contribution in [0.3, 0.4) is 0 Å². The molecule has 2 aromatic rings. The van der Waals surface area contributed by atoms with Crippen molar-refractivity contribution in [2.45, 2.75) is 70.6 Å². The number of likely N-dealkylation sites (N-methyl/N-ethyl adjacent to an activating group) is 1. The van der Waals surface area contributed by atoms with Crippen molar-refractivity contribution >= 4 is 5.91 Å². The van der Waals surface area contributed by atoms with E-state index < -0.39 is 6.10 Å². The molecule has 3 rings (SSSR count). The molecule has 0 aliphatic heterocycles. The third-order valence-corrected chi connectivity index (χ3v) is 6.89. The Morgan fingerprint density at radius 3 is 2.59 bits per heavy atom. The molecular formula is C28H40N2O4. The number of rotatable bonds is 11. The molecule has 186 valence electrons. The van der Waals surface area contributed by atoms with E-state index in [9.17, 15) is 20.1 Å². The van der Waals surface area contributed by atoms with Gasteiger partial charge in [-0.15, -0.1) is 0 Å². The van der Waals surface area contributed by atoms with E-state index in [0.717, 1.165) is 24.1 Å². The summed E-state index contributed by atoms with van der Waals surface area (Å²) in [6, 6.07) is 13.1. The molecule has 2 atom stereocenters. The second-order valence-electron chi connectivity index (χ2n) is 9.85. The van der Waals surface area contributed by atoms with Crippen LogP contribution in [0.25, 0.3) is 0 Å². The molecule has 34 heavy (non-hydrogen) atoms. The Balaban J connectivity index is 1.47. The molecule has 1 aliphatic carbocycles. The van der Waals surface area contributed by atoms with Gasteiger partial charge in [-0.3, -0.25) is 4.79 Å². The van der Waals surface area contributed by atoms with Crippen LogP contribution < -0.4 is 5.32 Å². The van der Waals surface area contributed by atoms with Crippen molar-refractivity contribution in [1.82, 2.24) is 10.2 Å². The fourth-order valence-corrected chi connectivity index (χ4v) is 4.83. The second kappa shape index (κ2) is 12.9. The molecule has 0 spiro atoms. The molecule has 2 aromatic carbocycles. The van der Waals surface area contributed by atoms with E-state index in [1.807, 2.05) is 24.1 Å². The number of amides is 1. The first-order valence-electron chi connectivity index (χ1n) is 12.5. The lowest BCUT2D eigenvalue weighted by molar-refractivity contribution is -0.129. The third-order valence-electron chi connectivity index (χ3n) is 6.89. The summed E-state index contributed by atoms with van der Waals surface area (Å²) in [6.07, 6.45) is 6.85. The zero-order valence-electron chi connectivity index (χ0n) is 20.5. The SMILES string of the molecule is C[C@H](Cc1cccc(CC(=O)N(C)CC2CCCCC2)c1)NC[C@H](O)c1ccc(O)c(CO)c1. The molecular weight excluding hydrogens is 428 g/mol. The number of nitrogens with one attached hydrogen (secondary N) is 1. The second-order valence-corrected chi connectivity index (χ2v) is 9.85. The van der Waals surface area contributed by atoms with Crippen molar-refractivity contribution in [3.8, 4) is 5.75 Å². The summed E-state index contributed by atoms with van der Waals surface area (Å²) < 4.78 is 0. The van der Waals surface area contributed by atoms with Gasteiger partial charge in [-0.1, -0.05) is 49.6 Å². The quantitative estimate of drug-likeness (QED) is 0.403. The Kier molecular flexibility index (Phi) is 9.93. The van der Waals surface area contributed by atoms with Crippen molar-refractivity contribution in [3.63, 3.8) is 0 Å². The van der Waals surface area contributed by atoms with Crippen LogP contribution in [-0.4, -0.2) is 52.3 Å². The van der Waals surface area contributed by atoms with Crippen LogP contribution in [0.15, 0.2) is 42.5 Å². The average molecular weight is 469 g/mol. The first-order valence-corrected chi connectivity index (χ1v) is 12.5. The van der Waals surface area contributed by atoms with Gasteiger partial charge < -0.3 is 25.5 Å². The van der Waals surface area contributed by atoms with Crippen LogP contribution in [0.4, 0.5) is 0 Å². The fraction of sp³-hybridized carbons (Fsp3) is 0.536. The molecule has 6 heteroatoms. The van der Waals surface area contributed by atoms with Crippen molar-refractivity contribution in [2.24, 2.45) is 5.92 Å². The molecule has 0 radical (unpaired) electrons. The molecule has 1 fully saturated rings. The van der Waals surface area contributed by atoms with Gasteiger partial charge in [0.05, 0.1) is 19.1 Å². The summed E-state index contributed by atoms with van der Waals surface area (Å²) in [5.74, 6) is 0.847. The van der Waals surface area contributed by atoms with Crippen LogP contribution in [0, 0.1) is 5.92 Å². The van der Waals surface area contributed by atoms with Crippen LogP contribution in [-0.2, 0) is 24.2 Å². The number of aliphatic hydroxyl groups excluding tert-OH is 2. The minimum atomic E-state index is -0.739. The van der Waals surface area contributed by atoms with Crippen LogP contribution in [0.2, 0.25) is 0 Å². The van der Waals surface area contributed by atoms with Gasteiger partial charge in [-0.05, 0) is 60.9 Å². The maximum Gasteiger partial charge on any atom is 0.226 e. The minimum Gasteiger partial charge on any atom is -0.508 e. The van der Waals surface area contributed by atoms with Crippen molar-refractivity contribution in [3.05, 3.63) is 64.7 Å². The molecule has 0 saturated heterocycles. The summed E-state index contributed by atoms with van der Waals surface area (Å²) in [5.41, 5.74) is 3.24. The van der Waals surface area contributed by atoms with Crippen LogP contribution in [0.1, 0.15) is 67.4 Å². The van der Waals surface area contributed by atoms with Gasteiger partial charge in [0.2, 0.25) is 5.91 Å².